The molecule has 0 aliphatic rings. The molecule has 0 spiro atoms. The topological polar surface area (TPSA) is 87.3 Å². The molecule has 2 rings (SSSR count). The van der Waals surface area contributed by atoms with Crippen molar-refractivity contribution in [1.82, 2.24) is 15.3 Å². The molecule has 1 heterocycles. The SMILES string of the molecule is C[C@@H](NC(=O)c1cc(=O)[nH]c(N(C)C)n1)c1ccc(OC(F)(F)F)cc1F. The van der Waals surface area contributed by atoms with Crippen LogP contribution in [0.25, 0.3) is 0 Å². The lowest BCUT2D eigenvalue weighted by Gasteiger charge is -2.17. The first-order chi connectivity index (χ1) is 12.5. The van der Waals surface area contributed by atoms with Gasteiger partial charge in [0.15, 0.2) is 0 Å². The first-order valence-corrected chi connectivity index (χ1v) is 7.61. The van der Waals surface area contributed by atoms with Gasteiger partial charge < -0.3 is 15.0 Å². The zero-order chi connectivity index (χ0) is 20.4. The van der Waals surface area contributed by atoms with Crippen LogP contribution in [0.1, 0.15) is 29.0 Å². The summed E-state index contributed by atoms with van der Waals surface area (Å²) < 4.78 is 54.2. The zero-order valence-corrected chi connectivity index (χ0v) is 14.5. The molecule has 0 radical (unpaired) electrons. The number of carbonyl (C=O) groups is 1. The van der Waals surface area contributed by atoms with Crippen molar-refractivity contribution in [3.05, 3.63) is 51.7 Å². The summed E-state index contributed by atoms with van der Waals surface area (Å²) in [4.78, 5) is 31.8. The minimum absolute atomic E-state index is 0.0597. The predicted molar refractivity (Wildman–Crippen MR) is 88.1 cm³/mol. The van der Waals surface area contributed by atoms with Crippen molar-refractivity contribution < 1.29 is 27.1 Å². The van der Waals surface area contributed by atoms with E-state index in [0.717, 1.165) is 18.2 Å². The number of hydrogen-bond acceptors (Lipinski definition) is 5. The highest BCUT2D eigenvalue weighted by atomic mass is 19.4. The number of alkyl halides is 3. The minimum Gasteiger partial charge on any atom is -0.406 e. The predicted octanol–water partition coefficient (Wildman–Crippen LogP) is 2.36. The quantitative estimate of drug-likeness (QED) is 0.768. The molecule has 1 aromatic heterocycles. The van der Waals surface area contributed by atoms with Crippen molar-refractivity contribution >= 4 is 11.9 Å². The van der Waals surface area contributed by atoms with E-state index in [0.29, 0.717) is 6.07 Å². The number of rotatable bonds is 5. The van der Waals surface area contributed by atoms with E-state index in [-0.39, 0.29) is 17.2 Å². The van der Waals surface area contributed by atoms with Crippen LogP contribution < -0.4 is 20.5 Å². The minimum atomic E-state index is -4.94. The summed E-state index contributed by atoms with van der Waals surface area (Å²) in [6, 6.07) is 2.65. The molecule has 27 heavy (non-hydrogen) atoms. The van der Waals surface area contributed by atoms with Crippen LogP contribution in [0.5, 0.6) is 5.75 Å². The van der Waals surface area contributed by atoms with Gasteiger partial charge in [-0.2, -0.15) is 0 Å². The molecule has 0 saturated carbocycles. The van der Waals surface area contributed by atoms with Crippen LogP contribution in [0, 0.1) is 5.82 Å². The Hall–Kier alpha value is -3.11. The fourth-order valence-electron chi connectivity index (χ4n) is 2.18. The second kappa shape index (κ2) is 7.64. The smallest absolute Gasteiger partial charge is 0.406 e. The van der Waals surface area contributed by atoms with Crippen molar-refractivity contribution in [3.8, 4) is 5.75 Å². The first-order valence-electron chi connectivity index (χ1n) is 7.61. The summed E-state index contributed by atoms with van der Waals surface area (Å²) in [5.74, 6) is -2.29. The van der Waals surface area contributed by atoms with Gasteiger partial charge in [-0.25, -0.2) is 9.37 Å². The van der Waals surface area contributed by atoms with Crippen LogP contribution >= 0.6 is 0 Å². The Kier molecular flexibility index (Phi) is 5.72. The van der Waals surface area contributed by atoms with Crippen LogP contribution in [-0.2, 0) is 0 Å². The normalized spacial score (nSPS) is 12.4. The number of H-pyrrole nitrogens is 1. The van der Waals surface area contributed by atoms with Gasteiger partial charge in [0.25, 0.3) is 11.5 Å². The maximum atomic E-state index is 14.1. The molecule has 1 atom stereocenters. The number of benzene rings is 1. The van der Waals surface area contributed by atoms with Gasteiger partial charge in [-0.05, 0) is 13.0 Å². The molecular weight excluding hydrogens is 372 g/mol. The van der Waals surface area contributed by atoms with Gasteiger partial charge in [0, 0.05) is 31.8 Å². The maximum Gasteiger partial charge on any atom is 0.573 e. The molecule has 11 heteroatoms. The molecule has 2 N–H and O–H groups in total. The Balaban J connectivity index is 2.18. The Morgan fingerprint density at radius 1 is 1.30 bits per heavy atom. The van der Waals surface area contributed by atoms with Crippen molar-refractivity contribution in [3.63, 3.8) is 0 Å². The third kappa shape index (κ3) is 5.43. The Labute approximate surface area is 151 Å². The van der Waals surface area contributed by atoms with Gasteiger partial charge >= 0.3 is 6.36 Å². The number of anilines is 1. The van der Waals surface area contributed by atoms with Gasteiger partial charge in [-0.15, -0.1) is 13.2 Å². The van der Waals surface area contributed by atoms with Crippen LogP contribution in [-0.4, -0.2) is 36.3 Å². The number of nitrogens with zero attached hydrogens (tertiary/aromatic N) is 2. The fraction of sp³-hybridized carbons (Fsp3) is 0.312. The van der Waals surface area contributed by atoms with Gasteiger partial charge in [0.05, 0.1) is 6.04 Å². The number of ether oxygens (including phenoxy) is 1. The molecule has 146 valence electrons. The largest absolute Gasteiger partial charge is 0.573 e. The van der Waals surface area contributed by atoms with Crippen molar-refractivity contribution in [2.45, 2.75) is 19.3 Å². The second-order valence-corrected chi connectivity index (χ2v) is 5.77. The molecule has 0 aliphatic carbocycles. The lowest BCUT2D eigenvalue weighted by Crippen LogP contribution is -2.30. The van der Waals surface area contributed by atoms with Crippen LogP contribution in [0.15, 0.2) is 29.1 Å². The van der Waals surface area contributed by atoms with Crippen molar-refractivity contribution in [2.75, 3.05) is 19.0 Å². The Morgan fingerprint density at radius 3 is 2.52 bits per heavy atom. The summed E-state index contributed by atoms with van der Waals surface area (Å²) in [5, 5.41) is 2.44. The molecule has 2 aromatic rings. The Bertz CT molecular complexity index is 896. The van der Waals surface area contributed by atoms with Gasteiger partial charge in [-0.1, -0.05) is 6.07 Å². The van der Waals surface area contributed by atoms with E-state index >= 15 is 0 Å². The summed E-state index contributed by atoms with van der Waals surface area (Å²) in [6.07, 6.45) is -4.94. The van der Waals surface area contributed by atoms with Crippen LogP contribution in [0.3, 0.4) is 0 Å². The second-order valence-electron chi connectivity index (χ2n) is 5.77. The molecule has 0 unspecified atom stereocenters. The highest BCUT2D eigenvalue weighted by Gasteiger charge is 2.31. The number of halogens is 4. The first kappa shape index (κ1) is 20.2. The summed E-state index contributed by atoms with van der Waals surface area (Å²) in [6.45, 7) is 1.43. The maximum absolute atomic E-state index is 14.1. The van der Waals surface area contributed by atoms with E-state index in [1.165, 1.54) is 11.8 Å². The molecule has 7 nitrogen and oxygen atoms in total. The molecular formula is C16H16F4N4O3. The number of carbonyl (C=O) groups excluding carboxylic acids is 1. The van der Waals surface area contributed by atoms with Crippen LogP contribution in [0.4, 0.5) is 23.5 Å². The van der Waals surface area contributed by atoms with Crippen molar-refractivity contribution in [1.29, 1.82) is 0 Å². The molecule has 0 bridgehead atoms. The fourth-order valence-corrected chi connectivity index (χ4v) is 2.18. The van der Waals surface area contributed by atoms with E-state index in [1.807, 2.05) is 0 Å². The van der Waals surface area contributed by atoms with Gasteiger partial charge in [0.2, 0.25) is 5.95 Å². The van der Waals surface area contributed by atoms with E-state index in [9.17, 15) is 27.2 Å². The van der Waals surface area contributed by atoms with Gasteiger partial charge in [-0.3, -0.25) is 14.6 Å². The standard InChI is InChI=1S/C16H16F4N4O3/c1-8(10-5-4-9(6-11(10)17)27-16(18,19)20)21-14(26)12-7-13(25)23-15(22-12)24(2)3/h4-8H,1-3H3,(H,21,26)(H,22,23,25)/t8-/m1/s1. The summed E-state index contributed by atoms with van der Waals surface area (Å²) in [7, 11) is 3.23. The number of hydrogen-bond donors (Lipinski definition) is 2. The monoisotopic (exact) mass is 388 g/mol. The lowest BCUT2D eigenvalue weighted by atomic mass is 10.1. The number of aromatic nitrogens is 2. The van der Waals surface area contributed by atoms with Gasteiger partial charge in [0.1, 0.15) is 17.3 Å². The number of nitrogens with one attached hydrogen (secondary N) is 2. The average molecular weight is 388 g/mol. The Morgan fingerprint density at radius 2 is 1.96 bits per heavy atom. The lowest BCUT2D eigenvalue weighted by molar-refractivity contribution is -0.274. The van der Waals surface area contributed by atoms with E-state index in [2.05, 4.69) is 20.0 Å². The summed E-state index contributed by atoms with van der Waals surface area (Å²) in [5.41, 5.74) is -0.798. The molecule has 0 aliphatic heterocycles. The molecule has 0 fully saturated rings. The number of aromatic amines is 1. The molecule has 0 saturated heterocycles. The van der Waals surface area contributed by atoms with E-state index in [1.54, 1.807) is 14.1 Å². The molecule has 1 amide bonds. The van der Waals surface area contributed by atoms with Crippen molar-refractivity contribution in [2.24, 2.45) is 0 Å². The average Bonchev–Trinajstić information content (AvgIpc) is 2.52. The highest BCUT2D eigenvalue weighted by Crippen LogP contribution is 2.26. The van der Waals surface area contributed by atoms with Crippen LogP contribution in [0.2, 0.25) is 0 Å². The molecule has 1 aromatic carbocycles. The highest BCUT2D eigenvalue weighted by molar-refractivity contribution is 5.92. The van der Waals surface area contributed by atoms with E-state index in [4.69, 9.17) is 0 Å². The van der Waals surface area contributed by atoms with E-state index < -0.39 is 35.4 Å². The number of amides is 1. The third-order valence-corrected chi connectivity index (χ3v) is 3.41. The summed E-state index contributed by atoms with van der Waals surface area (Å²) >= 11 is 0. The zero-order valence-electron chi connectivity index (χ0n) is 14.5. The third-order valence-electron chi connectivity index (χ3n) is 3.41.